The van der Waals surface area contributed by atoms with Crippen LogP contribution in [0.15, 0.2) is 0 Å². The van der Waals surface area contributed by atoms with Gasteiger partial charge in [-0.3, -0.25) is 34.1 Å². The first-order chi connectivity index (χ1) is 13.8. The molecular weight excluding hydrogens is 442 g/mol. The molecule has 0 spiro atoms. The van der Waals surface area contributed by atoms with Crippen LogP contribution >= 0.6 is 25.3 Å². The second kappa shape index (κ2) is 16.4. The van der Waals surface area contributed by atoms with E-state index in [0.29, 0.717) is 0 Å². The Labute approximate surface area is 183 Å². The number of aliphatic carboxylic acids is 2. The molecule has 4 amide bonds. The second-order valence-corrected chi connectivity index (χ2v) is 6.46. The largest absolute Gasteiger partial charge is 0.480 e. The van der Waals surface area contributed by atoms with Crippen LogP contribution in [0.3, 0.4) is 0 Å². The molecule has 0 fully saturated rings. The van der Waals surface area contributed by atoms with Gasteiger partial charge in [0.2, 0.25) is 23.6 Å². The van der Waals surface area contributed by atoms with Gasteiger partial charge in [0.1, 0.15) is 18.6 Å². The van der Waals surface area contributed by atoms with Crippen LogP contribution in [-0.4, -0.2) is 82.0 Å². The predicted molar refractivity (Wildman–Crippen MR) is 112 cm³/mol. The third kappa shape index (κ3) is 15.5. The summed E-state index contributed by atoms with van der Waals surface area (Å²) in [6.07, 6.45) is -0.235. The van der Waals surface area contributed by atoms with Gasteiger partial charge in [0.15, 0.2) is 0 Å². The lowest BCUT2D eigenvalue weighted by molar-refractivity contribution is -0.139. The molecule has 0 unspecified atom stereocenters. The molecule has 0 aliphatic rings. The van der Waals surface area contributed by atoms with Gasteiger partial charge in [0, 0.05) is 24.9 Å². The van der Waals surface area contributed by atoms with Crippen LogP contribution in [0.1, 0.15) is 19.8 Å². The number of nitrogens with two attached hydrogens (primary N) is 2. The molecule has 0 bridgehead atoms. The molecule has 0 rings (SSSR count). The molecule has 0 aliphatic carbocycles. The Kier molecular flexibility index (Phi) is 16.4. The van der Waals surface area contributed by atoms with E-state index in [1.54, 1.807) is 0 Å². The molecule has 15 heteroatoms. The van der Waals surface area contributed by atoms with Gasteiger partial charge in [-0.25, -0.2) is 0 Å². The zero-order valence-electron chi connectivity index (χ0n) is 16.2. The molecule has 0 aliphatic heterocycles. The molecule has 30 heavy (non-hydrogen) atoms. The number of carbonyl (C=O) groups excluding carboxylic acids is 4. The van der Waals surface area contributed by atoms with Crippen LogP contribution in [0.4, 0.5) is 0 Å². The first kappa shape index (κ1) is 29.8. The average molecular weight is 470 g/mol. The Balaban J connectivity index is 0. The lowest BCUT2D eigenvalue weighted by atomic mass is 10.1. The Hall–Kier alpha value is -2.36. The van der Waals surface area contributed by atoms with E-state index in [1.807, 2.05) is 5.32 Å². The highest BCUT2D eigenvalue weighted by atomic mass is 32.1. The van der Waals surface area contributed by atoms with Crippen molar-refractivity contribution in [3.63, 3.8) is 0 Å². The lowest BCUT2D eigenvalue weighted by Crippen LogP contribution is -2.49. The summed E-state index contributed by atoms with van der Waals surface area (Å²) in [5, 5.41) is 23.4. The maximum absolute atomic E-state index is 11.5. The molecule has 3 atom stereocenters. The topological polar surface area (TPSA) is 231 Å². The highest BCUT2D eigenvalue weighted by molar-refractivity contribution is 7.80. The second-order valence-electron chi connectivity index (χ2n) is 5.73. The zero-order chi connectivity index (χ0) is 23.9. The number of carbonyl (C=O) groups is 6. The normalized spacial score (nSPS) is 12.8. The molecule has 9 N–H and O–H groups in total. The summed E-state index contributed by atoms with van der Waals surface area (Å²) in [7, 11) is 0. The van der Waals surface area contributed by atoms with Crippen LogP contribution in [0.25, 0.3) is 0 Å². The van der Waals surface area contributed by atoms with Crippen molar-refractivity contribution in [2.45, 2.75) is 37.9 Å². The molecule has 13 nitrogen and oxygen atoms in total. The maximum atomic E-state index is 11.5. The van der Waals surface area contributed by atoms with Gasteiger partial charge in [-0.1, -0.05) is 0 Å². The fourth-order valence-corrected chi connectivity index (χ4v) is 1.93. The monoisotopic (exact) mass is 469 g/mol. The molecule has 0 saturated heterocycles. The fourth-order valence-electron chi connectivity index (χ4n) is 1.51. The summed E-state index contributed by atoms with van der Waals surface area (Å²) < 4.78 is 0. The molecule has 0 aromatic rings. The van der Waals surface area contributed by atoms with Crippen LogP contribution < -0.4 is 27.4 Å². The SMILES string of the molecule is CC(=O)NC(=O)[C@@H](N)CS.N[C@@H](CCC(=O)N[C@@H](CS)C(=O)NCC(=O)O)C(=O)O. The van der Waals surface area contributed by atoms with E-state index in [2.05, 4.69) is 35.9 Å². The summed E-state index contributed by atoms with van der Waals surface area (Å²) in [4.78, 5) is 64.7. The van der Waals surface area contributed by atoms with E-state index in [0.717, 1.165) is 0 Å². The summed E-state index contributed by atoms with van der Waals surface area (Å²) >= 11 is 7.65. The predicted octanol–water partition coefficient (Wildman–Crippen LogP) is -3.30. The van der Waals surface area contributed by atoms with Crippen molar-refractivity contribution in [1.29, 1.82) is 0 Å². The van der Waals surface area contributed by atoms with Crippen molar-refractivity contribution in [3.8, 4) is 0 Å². The number of carboxylic acids is 2. The summed E-state index contributed by atoms with van der Waals surface area (Å²) in [6, 6.07) is -2.85. The van der Waals surface area contributed by atoms with E-state index < -0.39 is 60.2 Å². The van der Waals surface area contributed by atoms with Gasteiger partial charge in [0.25, 0.3) is 0 Å². The van der Waals surface area contributed by atoms with Gasteiger partial charge < -0.3 is 32.3 Å². The first-order valence-corrected chi connectivity index (χ1v) is 9.68. The lowest BCUT2D eigenvalue weighted by Gasteiger charge is -2.16. The number of amides is 4. The molecular formula is C15H27N5O8S2. The van der Waals surface area contributed by atoms with Gasteiger partial charge in [-0.2, -0.15) is 25.3 Å². The Morgan fingerprint density at radius 2 is 1.50 bits per heavy atom. The molecule has 172 valence electrons. The molecule has 0 radical (unpaired) electrons. The summed E-state index contributed by atoms with van der Waals surface area (Å²) in [5.41, 5.74) is 10.5. The first-order valence-electron chi connectivity index (χ1n) is 8.41. The van der Waals surface area contributed by atoms with Crippen LogP contribution in [0, 0.1) is 0 Å². The molecule has 0 aromatic heterocycles. The van der Waals surface area contributed by atoms with Crippen molar-refractivity contribution in [1.82, 2.24) is 16.0 Å². The van der Waals surface area contributed by atoms with Crippen molar-refractivity contribution < 1.29 is 39.0 Å². The molecule has 0 saturated carbocycles. The Morgan fingerprint density at radius 3 is 1.90 bits per heavy atom. The number of nitrogens with one attached hydrogen (secondary N) is 3. The number of thiol groups is 2. The minimum atomic E-state index is -1.22. The van der Waals surface area contributed by atoms with Crippen molar-refractivity contribution in [2.24, 2.45) is 11.5 Å². The number of imide groups is 1. The highest BCUT2D eigenvalue weighted by Crippen LogP contribution is 1.97. The van der Waals surface area contributed by atoms with E-state index in [-0.39, 0.29) is 24.3 Å². The van der Waals surface area contributed by atoms with Crippen LogP contribution in [-0.2, 0) is 28.8 Å². The van der Waals surface area contributed by atoms with Crippen LogP contribution in [0.5, 0.6) is 0 Å². The van der Waals surface area contributed by atoms with E-state index in [1.165, 1.54) is 6.92 Å². The zero-order valence-corrected chi connectivity index (χ0v) is 17.9. The van der Waals surface area contributed by atoms with Gasteiger partial charge >= 0.3 is 11.9 Å². The fraction of sp³-hybridized carbons (Fsp3) is 0.600. The van der Waals surface area contributed by atoms with Crippen LogP contribution in [0.2, 0.25) is 0 Å². The van der Waals surface area contributed by atoms with Crippen molar-refractivity contribution >= 4 is 60.8 Å². The third-order valence-electron chi connectivity index (χ3n) is 3.08. The Morgan fingerprint density at radius 1 is 0.933 bits per heavy atom. The average Bonchev–Trinajstić information content (AvgIpc) is 2.67. The van der Waals surface area contributed by atoms with E-state index >= 15 is 0 Å². The van der Waals surface area contributed by atoms with E-state index in [4.69, 9.17) is 21.7 Å². The minimum absolute atomic E-state index is 0.0256. The van der Waals surface area contributed by atoms with Crippen molar-refractivity contribution in [3.05, 3.63) is 0 Å². The molecule has 0 heterocycles. The number of carboxylic acid groups (broad SMARTS) is 2. The van der Waals surface area contributed by atoms with E-state index in [9.17, 15) is 28.8 Å². The smallest absolute Gasteiger partial charge is 0.322 e. The number of hydrogen-bond donors (Lipinski definition) is 9. The third-order valence-corrected chi connectivity index (χ3v) is 3.84. The summed E-state index contributed by atoms with van der Waals surface area (Å²) in [6.45, 7) is 0.687. The van der Waals surface area contributed by atoms with Gasteiger partial charge in [-0.05, 0) is 6.42 Å². The van der Waals surface area contributed by atoms with Gasteiger partial charge in [-0.15, -0.1) is 0 Å². The number of hydrogen-bond acceptors (Lipinski definition) is 10. The summed E-state index contributed by atoms with van der Waals surface area (Å²) in [5.74, 6) is -4.35. The Bertz CT molecular complexity index is 634. The molecule has 0 aromatic carbocycles. The van der Waals surface area contributed by atoms with Crippen molar-refractivity contribution in [2.75, 3.05) is 18.1 Å². The standard InChI is InChI=1S/C10H17N3O6S.C5H10N2O2S/c11-5(10(18)19)1-2-7(14)13-6(4-20)9(17)12-3-8(15)16;1-3(8)7-5(9)4(6)2-10/h5-6,20H,1-4,11H2,(H,12,17)(H,13,14)(H,15,16)(H,18,19);4,10H,2,6H2,1H3,(H,7,8,9)/t5-,6-;4-/m00/s1. The maximum Gasteiger partial charge on any atom is 0.322 e. The highest BCUT2D eigenvalue weighted by Gasteiger charge is 2.21. The minimum Gasteiger partial charge on any atom is -0.480 e. The number of rotatable bonds is 11. The quantitative estimate of drug-likeness (QED) is 0.137. The van der Waals surface area contributed by atoms with Gasteiger partial charge in [0.05, 0.1) is 6.04 Å².